The van der Waals surface area contributed by atoms with Crippen LogP contribution in [0, 0.1) is 11.6 Å². The first kappa shape index (κ1) is 17.1. The lowest BCUT2D eigenvalue weighted by Gasteiger charge is -2.23. The van der Waals surface area contributed by atoms with Gasteiger partial charge in [-0.2, -0.15) is 4.31 Å². The summed E-state index contributed by atoms with van der Waals surface area (Å²) in [5.41, 5.74) is -0.143. The average Bonchev–Trinajstić information content (AvgIpc) is 2.89. The normalized spacial score (nSPS) is 26.7. The average molecular weight is 361 g/mol. The first-order valence-corrected chi connectivity index (χ1v) is 8.97. The Hall–Kier alpha value is -1.78. The number of likely N-dealkylation sites (tertiary alicyclic amines) is 1. The summed E-state index contributed by atoms with van der Waals surface area (Å²) in [5, 5.41) is 2.36. The van der Waals surface area contributed by atoms with E-state index in [1.165, 1.54) is 16.3 Å². The number of urea groups is 1. The highest BCUT2D eigenvalue weighted by Gasteiger charge is 2.44. The molecule has 10 heteroatoms. The van der Waals surface area contributed by atoms with Crippen molar-refractivity contribution in [2.24, 2.45) is 0 Å². The number of hydrogen-bond donors (Lipinski definition) is 1. The molecule has 0 aliphatic carbocycles. The predicted octanol–water partition coefficient (Wildman–Crippen LogP) is 0.841. The fourth-order valence-corrected chi connectivity index (χ4v) is 4.09. The van der Waals surface area contributed by atoms with Gasteiger partial charge in [-0.05, 0) is 12.1 Å². The molecule has 2 fully saturated rings. The van der Waals surface area contributed by atoms with E-state index in [0.717, 1.165) is 12.1 Å². The predicted molar refractivity (Wildman–Crippen MR) is 82.0 cm³/mol. The number of hydrogen-bond acceptors (Lipinski definition) is 4. The van der Waals surface area contributed by atoms with E-state index < -0.39 is 39.8 Å². The number of nitrogens with one attached hydrogen (secondary N) is 1. The smallest absolute Gasteiger partial charge is 0.322 e. The second-order valence-corrected chi connectivity index (χ2v) is 7.92. The summed E-state index contributed by atoms with van der Waals surface area (Å²) in [6.07, 6.45) is -0.434. The molecule has 0 radical (unpaired) electrons. The molecule has 0 spiro atoms. The Bertz CT molecular complexity index is 758. The number of anilines is 1. The zero-order valence-corrected chi connectivity index (χ0v) is 13.7. The minimum atomic E-state index is -3.42. The van der Waals surface area contributed by atoms with Crippen LogP contribution in [0.5, 0.6) is 0 Å². The molecule has 24 heavy (non-hydrogen) atoms. The summed E-state index contributed by atoms with van der Waals surface area (Å²) in [6.45, 7) is 0.393. The van der Waals surface area contributed by atoms with Gasteiger partial charge in [-0.15, -0.1) is 0 Å². The number of amides is 2. The maximum Gasteiger partial charge on any atom is 0.322 e. The van der Waals surface area contributed by atoms with E-state index in [-0.39, 0.29) is 31.1 Å². The molecular formula is C14H17F2N3O4S. The Kier molecular flexibility index (Phi) is 4.45. The third-order valence-corrected chi connectivity index (χ3v) is 6.11. The third-order valence-electron chi connectivity index (χ3n) is 4.28. The lowest BCUT2D eigenvalue weighted by molar-refractivity contribution is 0.0517. The summed E-state index contributed by atoms with van der Waals surface area (Å²) < 4.78 is 57.4. The molecule has 2 saturated heterocycles. The van der Waals surface area contributed by atoms with Crippen molar-refractivity contribution in [1.29, 1.82) is 0 Å². The summed E-state index contributed by atoms with van der Waals surface area (Å²) >= 11 is 0. The highest BCUT2D eigenvalue weighted by Crippen LogP contribution is 2.24. The summed E-state index contributed by atoms with van der Waals surface area (Å²) in [5.74, 6) is -1.72. The van der Waals surface area contributed by atoms with E-state index >= 15 is 0 Å². The first-order chi connectivity index (χ1) is 11.3. The molecule has 0 unspecified atom stereocenters. The Morgan fingerprint density at radius 1 is 1.33 bits per heavy atom. The highest BCUT2D eigenvalue weighted by molar-refractivity contribution is 7.89. The molecule has 3 rings (SSSR count). The molecule has 0 saturated carbocycles. The maximum atomic E-state index is 13.6. The van der Waals surface area contributed by atoms with Crippen molar-refractivity contribution < 1.29 is 26.7 Å². The molecule has 132 valence electrons. The maximum absolute atomic E-state index is 13.6. The molecule has 2 amide bonds. The SMILES string of the molecule is CN1[C@@H]2CN(C(=O)Nc3ccc(F)cc3F)C[C@@H]2OCCS1(=O)=O. The van der Waals surface area contributed by atoms with E-state index in [0.29, 0.717) is 6.07 Å². The zero-order chi connectivity index (χ0) is 17.5. The van der Waals surface area contributed by atoms with Crippen molar-refractivity contribution in [2.75, 3.05) is 37.8 Å². The van der Waals surface area contributed by atoms with E-state index in [1.807, 2.05) is 0 Å². The number of nitrogens with zero attached hydrogens (tertiary/aromatic N) is 2. The third kappa shape index (κ3) is 3.21. The van der Waals surface area contributed by atoms with Crippen LogP contribution in [0.25, 0.3) is 0 Å². The van der Waals surface area contributed by atoms with E-state index in [2.05, 4.69) is 5.32 Å². The number of sulfonamides is 1. The Morgan fingerprint density at radius 2 is 2.08 bits per heavy atom. The van der Waals surface area contributed by atoms with Gasteiger partial charge >= 0.3 is 6.03 Å². The minimum Gasteiger partial charge on any atom is -0.374 e. The van der Waals surface area contributed by atoms with Gasteiger partial charge in [0.15, 0.2) is 0 Å². The van der Waals surface area contributed by atoms with Crippen molar-refractivity contribution >= 4 is 21.7 Å². The van der Waals surface area contributed by atoms with Crippen molar-refractivity contribution in [3.63, 3.8) is 0 Å². The van der Waals surface area contributed by atoms with E-state index in [9.17, 15) is 22.0 Å². The zero-order valence-electron chi connectivity index (χ0n) is 12.9. The van der Waals surface area contributed by atoms with Crippen LogP contribution < -0.4 is 5.32 Å². The molecule has 1 N–H and O–H groups in total. The number of carbonyl (C=O) groups excluding carboxylic acids is 1. The van der Waals surface area contributed by atoms with Crippen LogP contribution in [-0.2, 0) is 14.8 Å². The largest absolute Gasteiger partial charge is 0.374 e. The molecular weight excluding hydrogens is 344 g/mol. The number of halogens is 2. The van der Waals surface area contributed by atoms with Crippen molar-refractivity contribution in [3.8, 4) is 0 Å². The fourth-order valence-electron chi connectivity index (χ4n) is 2.88. The van der Waals surface area contributed by atoms with E-state index in [1.54, 1.807) is 0 Å². The number of rotatable bonds is 1. The molecule has 1 aromatic rings. The molecule has 1 aromatic carbocycles. The number of ether oxygens (including phenoxy) is 1. The van der Waals surface area contributed by atoms with Gasteiger partial charge in [-0.3, -0.25) is 0 Å². The van der Waals surface area contributed by atoms with Crippen LogP contribution in [0.3, 0.4) is 0 Å². The van der Waals surface area contributed by atoms with Gasteiger partial charge in [0.05, 0.1) is 36.7 Å². The van der Waals surface area contributed by atoms with Gasteiger partial charge in [0.1, 0.15) is 11.6 Å². The van der Waals surface area contributed by atoms with Gasteiger partial charge in [0.25, 0.3) is 0 Å². The van der Waals surface area contributed by atoms with Crippen LogP contribution in [0.4, 0.5) is 19.3 Å². The Balaban J connectivity index is 1.72. The van der Waals surface area contributed by atoms with E-state index in [4.69, 9.17) is 4.74 Å². The quantitative estimate of drug-likeness (QED) is 0.804. The van der Waals surface area contributed by atoms with Gasteiger partial charge in [-0.1, -0.05) is 0 Å². The van der Waals surface area contributed by atoms with Crippen LogP contribution in [0.2, 0.25) is 0 Å². The van der Waals surface area contributed by atoms with Gasteiger partial charge in [0, 0.05) is 19.7 Å². The number of fused-ring (bicyclic) bond motifs is 1. The number of likely N-dealkylation sites (N-methyl/N-ethyl adjacent to an activating group) is 1. The summed E-state index contributed by atoms with van der Waals surface area (Å²) in [6, 6.07) is 1.76. The summed E-state index contributed by atoms with van der Waals surface area (Å²) in [4.78, 5) is 13.6. The second-order valence-electron chi connectivity index (χ2n) is 5.77. The first-order valence-electron chi connectivity index (χ1n) is 7.36. The second kappa shape index (κ2) is 6.26. The number of benzene rings is 1. The van der Waals surface area contributed by atoms with Crippen molar-refractivity contribution in [2.45, 2.75) is 12.1 Å². The molecule has 2 aliphatic rings. The van der Waals surface area contributed by atoms with Gasteiger partial charge in [-0.25, -0.2) is 22.0 Å². The Morgan fingerprint density at radius 3 is 2.79 bits per heavy atom. The molecule has 7 nitrogen and oxygen atoms in total. The fraction of sp³-hybridized carbons (Fsp3) is 0.500. The number of carbonyl (C=O) groups is 1. The van der Waals surface area contributed by atoms with Crippen molar-refractivity contribution in [3.05, 3.63) is 29.8 Å². The van der Waals surface area contributed by atoms with Crippen LogP contribution in [-0.4, -0.2) is 68.3 Å². The van der Waals surface area contributed by atoms with Gasteiger partial charge < -0.3 is 15.0 Å². The van der Waals surface area contributed by atoms with Crippen LogP contribution in [0.1, 0.15) is 0 Å². The van der Waals surface area contributed by atoms with Crippen LogP contribution in [0.15, 0.2) is 18.2 Å². The standard InChI is InChI=1S/C14H17F2N3O4S/c1-18-12-7-19(8-13(12)23-4-5-24(18,21)22)14(20)17-11-3-2-9(15)6-10(11)16/h2-3,6,12-13H,4-5,7-8H2,1H3,(H,17,20)/t12-,13+/m1/s1. The van der Waals surface area contributed by atoms with Crippen LogP contribution >= 0.6 is 0 Å². The lowest BCUT2D eigenvalue weighted by atomic mass is 10.2. The summed E-state index contributed by atoms with van der Waals surface area (Å²) in [7, 11) is -1.96. The minimum absolute atomic E-state index is 0.0654. The Labute approximate surface area is 138 Å². The molecule has 0 aromatic heterocycles. The topological polar surface area (TPSA) is 79.0 Å². The van der Waals surface area contributed by atoms with Gasteiger partial charge in [0.2, 0.25) is 10.0 Å². The molecule has 2 aliphatic heterocycles. The molecule has 2 atom stereocenters. The highest BCUT2D eigenvalue weighted by atomic mass is 32.2. The van der Waals surface area contributed by atoms with Crippen molar-refractivity contribution in [1.82, 2.24) is 9.21 Å². The monoisotopic (exact) mass is 361 g/mol. The molecule has 2 heterocycles. The lowest BCUT2D eigenvalue weighted by Crippen LogP contribution is -2.43. The molecule has 0 bridgehead atoms.